The van der Waals surface area contributed by atoms with Gasteiger partial charge in [0.05, 0.1) is 10.6 Å². The summed E-state index contributed by atoms with van der Waals surface area (Å²) in [6.07, 6.45) is 4.78. The van der Waals surface area contributed by atoms with Crippen LogP contribution in [0.25, 0.3) is 0 Å². The lowest BCUT2D eigenvalue weighted by Crippen LogP contribution is -2.25. The van der Waals surface area contributed by atoms with Crippen molar-refractivity contribution in [1.29, 1.82) is 0 Å². The first-order valence-corrected chi connectivity index (χ1v) is 7.82. The molecule has 0 aliphatic heterocycles. The van der Waals surface area contributed by atoms with Crippen LogP contribution in [0.4, 0.5) is 0 Å². The van der Waals surface area contributed by atoms with Gasteiger partial charge in [0, 0.05) is 12.1 Å². The van der Waals surface area contributed by atoms with Gasteiger partial charge < -0.3 is 15.5 Å². The largest absolute Gasteiger partial charge is 0.507 e. The molecule has 0 saturated heterocycles. The zero-order valence-corrected chi connectivity index (χ0v) is 12.9. The van der Waals surface area contributed by atoms with Gasteiger partial charge in [-0.25, -0.2) is 0 Å². The fraction of sp³-hybridized carbons (Fsp3) is 0.533. The number of phenolic OH excluding ortho intramolecular Hbond substituents is 1. The Kier molecular flexibility index (Phi) is 5.43. The van der Waals surface area contributed by atoms with E-state index >= 15 is 0 Å². The molecule has 0 heterocycles. The number of aliphatic hydroxyl groups is 1. The predicted octanol–water partition coefficient (Wildman–Crippen LogP) is 2.83. The molecule has 1 aliphatic carbocycles. The monoisotopic (exact) mass is 341 g/mol. The number of carbonyl (C=O) groups excluding carboxylic acids is 1. The molecule has 1 fully saturated rings. The summed E-state index contributed by atoms with van der Waals surface area (Å²) in [4.78, 5) is 11.9. The molecule has 110 valence electrons. The molecule has 1 aromatic carbocycles. The highest BCUT2D eigenvalue weighted by atomic mass is 79.9. The molecule has 2 rings (SSSR count). The van der Waals surface area contributed by atoms with E-state index in [2.05, 4.69) is 21.2 Å². The third-order valence-corrected chi connectivity index (χ3v) is 4.54. The summed E-state index contributed by atoms with van der Waals surface area (Å²) in [5, 5.41) is 22.1. The van der Waals surface area contributed by atoms with Crippen LogP contribution in [0.3, 0.4) is 0 Å². The van der Waals surface area contributed by atoms with Gasteiger partial charge in [-0.2, -0.15) is 0 Å². The number of nitrogens with one attached hydrogen (secondary N) is 1. The van der Waals surface area contributed by atoms with Crippen LogP contribution in [0.1, 0.15) is 42.5 Å². The van der Waals surface area contributed by atoms with Gasteiger partial charge in [-0.15, -0.1) is 0 Å². The Morgan fingerprint density at radius 1 is 1.40 bits per heavy atom. The molecule has 5 heteroatoms. The van der Waals surface area contributed by atoms with Crippen LogP contribution in [-0.2, 0) is 0 Å². The van der Waals surface area contributed by atoms with E-state index in [1.165, 1.54) is 6.07 Å². The van der Waals surface area contributed by atoms with E-state index in [1.807, 2.05) is 0 Å². The number of rotatable bonds is 5. The van der Waals surface area contributed by atoms with Crippen molar-refractivity contribution < 1.29 is 15.0 Å². The number of amides is 1. The Hall–Kier alpha value is -1.07. The number of halogens is 1. The molecule has 20 heavy (non-hydrogen) atoms. The van der Waals surface area contributed by atoms with Gasteiger partial charge in [-0.3, -0.25) is 4.79 Å². The predicted molar refractivity (Wildman–Crippen MR) is 80.7 cm³/mol. The second-order valence-electron chi connectivity index (χ2n) is 5.32. The summed E-state index contributed by atoms with van der Waals surface area (Å²) in [6.45, 7) is 0.596. The maximum atomic E-state index is 11.9. The second-order valence-corrected chi connectivity index (χ2v) is 6.18. The van der Waals surface area contributed by atoms with Gasteiger partial charge in [0.25, 0.3) is 5.91 Å². The van der Waals surface area contributed by atoms with Crippen molar-refractivity contribution in [1.82, 2.24) is 5.32 Å². The van der Waals surface area contributed by atoms with E-state index in [0.29, 0.717) is 22.5 Å². The van der Waals surface area contributed by atoms with E-state index in [-0.39, 0.29) is 17.8 Å². The molecule has 1 aliphatic rings. The van der Waals surface area contributed by atoms with E-state index in [4.69, 9.17) is 0 Å². The normalized spacial score (nSPS) is 21.9. The van der Waals surface area contributed by atoms with Gasteiger partial charge in [0.15, 0.2) is 0 Å². The highest BCUT2D eigenvalue weighted by molar-refractivity contribution is 9.10. The number of benzene rings is 1. The highest BCUT2D eigenvalue weighted by Crippen LogP contribution is 2.29. The summed E-state index contributed by atoms with van der Waals surface area (Å²) in [5.41, 5.74) is 0.451. The fourth-order valence-corrected chi connectivity index (χ4v) is 2.92. The standard InChI is InChI=1S/C15H20BrNO3/c16-12-7-6-11(9-14(12)19)15(20)17-8-2-4-10-3-1-5-13(10)18/h6-7,9-10,13,18-19H,1-5,8H2,(H,17,20)/t10-,13+/m0/s1. The average molecular weight is 342 g/mol. The van der Waals surface area contributed by atoms with Crippen molar-refractivity contribution in [3.05, 3.63) is 28.2 Å². The molecule has 0 bridgehead atoms. The van der Waals surface area contributed by atoms with Crippen LogP contribution in [0.2, 0.25) is 0 Å². The molecule has 0 unspecified atom stereocenters. The number of hydrogen-bond donors (Lipinski definition) is 3. The van der Waals surface area contributed by atoms with Gasteiger partial charge in [-0.05, 0) is 65.7 Å². The van der Waals surface area contributed by atoms with Crippen LogP contribution in [0, 0.1) is 5.92 Å². The number of aromatic hydroxyl groups is 1. The van der Waals surface area contributed by atoms with Gasteiger partial charge in [-0.1, -0.05) is 6.42 Å². The SMILES string of the molecule is O=C(NCCC[C@@H]1CCC[C@H]1O)c1ccc(Br)c(O)c1. The topological polar surface area (TPSA) is 69.6 Å². The molecule has 0 aromatic heterocycles. The molecular weight excluding hydrogens is 322 g/mol. The number of carbonyl (C=O) groups is 1. The lowest BCUT2D eigenvalue weighted by molar-refractivity contribution is 0.0949. The molecule has 1 saturated carbocycles. The molecule has 1 amide bonds. The third-order valence-electron chi connectivity index (χ3n) is 3.86. The Morgan fingerprint density at radius 2 is 2.20 bits per heavy atom. The lowest BCUT2D eigenvalue weighted by atomic mass is 10.00. The maximum Gasteiger partial charge on any atom is 0.251 e. The zero-order chi connectivity index (χ0) is 14.5. The van der Waals surface area contributed by atoms with Crippen molar-refractivity contribution >= 4 is 21.8 Å². The van der Waals surface area contributed by atoms with E-state index in [9.17, 15) is 15.0 Å². The van der Waals surface area contributed by atoms with E-state index in [0.717, 1.165) is 32.1 Å². The average Bonchev–Trinajstić information content (AvgIpc) is 2.83. The number of hydrogen-bond acceptors (Lipinski definition) is 3. The van der Waals surface area contributed by atoms with Crippen LogP contribution >= 0.6 is 15.9 Å². The zero-order valence-electron chi connectivity index (χ0n) is 11.3. The molecular formula is C15H20BrNO3. The molecule has 0 spiro atoms. The van der Waals surface area contributed by atoms with E-state index < -0.39 is 0 Å². The summed E-state index contributed by atoms with van der Waals surface area (Å²) >= 11 is 3.18. The minimum Gasteiger partial charge on any atom is -0.507 e. The Bertz CT molecular complexity index is 478. The number of phenols is 1. The first-order chi connectivity index (χ1) is 9.58. The van der Waals surface area contributed by atoms with Crippen molar-refractivity contribution in [2.75, 3.05) is 6.54 Å². The third kappa shape index (κ3) is 3.96. The molecule has 0 radical (unpaired) electrons. The molecule has 1 aromatic rings. The van der Waals surface area contributed by atoms with Crippen LogP contribution in [0.15, 0.2) is 22.7 Å². The minimum absolute atomic E-state index is 0.0618. The first-order valence-electron chi connectivity index (χ1n) is 7.02. The summed E-state index contributed by atoms with van der Waals surface area (Å²) in [6, 6.07) is 4.76. The van der Waals surface area contributed by atoms with Crippen molar-refractivity contribution in [2.45, 2.75) is 38.2 Å². The van der Waals surface area contributed by atoms with Crippen molar-refractivity contribution in [3.8, 4) is 5.75 Å². The highest BCUT2D eigenvalue weighted by Gasteiger charge is 2.24. The van der Waals surface area contributed by atoms with E-state index in [1.54, 1.807) is 12.1 Å². The van der Waals surface area contributed by atoms with Gasteiger partial charge >= 0.3 is 0 Å². The van der Waals surface area contributed by atoms with Crippen LogP contribution in [-0.4, -0.2) is 28.8 Å². The van der Waals surface area contributed by atoms with Crippen LogP contribution < -0.4 is 5.32 Å². The Labute approximate surface area is 127 Å². The summed E-state index contributed by atoms with van der Waals surface area (Å²) < 4.78 is 0.573. The second kappa shape index (κ2) is 7.09. The smallest absolute Gasteiger partial charge is 0.251 e. The number of aliphatic hydroxyl groups excluding tert-OH is 1. The summed E-state index contributed by atoms with van der Waals surface area (Å²) in [5.74, 6) is 0.273. The lowest BCUT2D eigenvalue weighted by Gasteiger charge is -2.14. The quantitative estimate of drug-likeness (QED) is 0.721. The molecule has 4 nitrogen and oxygen atoms in total. The molecule has 2 atom stereocenters. The van der Waals surface area contributed by atoms with Crippen molar-refractivity contribution in [3.63, 3.8) is 0 Å². The molecule has 3 N–H and O–H groups in total. The fourth-order valence-electron chi connectivity index (χ4n) is 2.68. The Morgan fingerprint density at radius 3 is 2.85 bits per heavy atom. The van der Waals surface area contributed by atoms with Crippen LogP contribution in [0.5, 0.6) is 5.75 Å². The van der Waals surface area contributed by atoms with Gasteiger partial charge in [0.2, 0.25) is 0 Å². The van der Waals surface area contributed by atoms with Crippen molar-refractivity contribution in [2.24, 2.45) is 5.92 Å². The Balaban J connectivity index is 1.73. The first kappa shape index (κ1) is 15.3. The minimum atomic E-state index is -0.181. The summed E-state index contributed by atoms with van der Waals surface area (Å²) in [7, 11) is 0. The maximum absolute atomic E-state index is 11.9. The van der Waals surface area contributed by atoms with Gasteiger partial charge in [0.1, 0.15) is 5.75 Å².